The minimum Gasteiger partial charge on any atom is -0.496 e. The van der Waals surface area contributed by atoms with E-state index in [0.29, 0.717) is 11.6 Å². The maximum atomic E-state index is 11.8. The molecule has 0 aromatic heterocycles. The van der Waals surface area contributed by atoms with Crippen LogP contribution in [0, 0.1) is 0 Å². The Balaban J connectivity index is 2.78. The summed E-state index contributed by atoms with van der Waals surface area (Å²) in [6.45, 7) is 2.35. The third kappa shape index (κ3) is 4.79. The Bertz CT molecular complexity index is 495. The quantitative estimate of drug-likeness (QED) is 0.610. The van der Waals surface area contributed by atoms with E-state index in [4.69, 9.17) is 16.3 Å². The van der Waals surface area contributed by atoms with Gasteiger partial charge in [0.1, 0.15) is 5.75 Å². The summed E-state index contributed by atoms with van der Waals surface area (Å²) in [5.41, 5.74) is 0.880. The van der Waals surface area contributed by atoms with E-state index in [1.807, 2.05) is 19.1 Å². The van der Waals surface area contributed by atoms with Crippen LogP contribution in [0.3, 0.4) is 0 Å². The minimum atomic E-state index is -0.0693. The number of allylic oxidation sites excluding steroid dienone is 3. The molecule has 0 fully saturated rings. The molecule has 0 aliphatic carbocycles. The molecule has 0 aliphatic heterocycles. The lowest BCUT2D eigenvalue weighted by Gasteiger charge is -2.17. The lowest BCUT2D eigenvalue weighted by Crippen LogP contribution is -2.24. The van der Waals surface area contributed by atoms with Crippen molar-refractivity contribution in [1.29, 1.82) is 0 Å². The van der Waals surface area contributed by atoms with Crippen LogP contribution in [0.5, 0.6) is 5.75 Å². The van der Waals surface area contributed by atoms with Crippen molar-refractivity contribution >= 4 is 17.5 Å². The molecule has 0 heterocycles. The summed E-state index contributed by atoms with van der Waals surface area (Å²) in [6.07, 6.45) is 6.92. The van der Waals surface area contributed by atoms with Gasteiger partial charge < -0.3 is 9.64 Å². The number of carbonyl (C=O) groups is 1. The Labute approximate surface area is 119 Å². The first kappa shape index (κ1) is 15.3. The molecule has 1 aromatic carbocycles. The predicted molar refractivity (Wildman–Crippen MR) is 78.4 cm³/mol. The number of hydrogen-bond acceptors (Lipinski definition) is 2. The molecular weight excluding hydrogens is 262 g/mol. The first-order valence-corrected chi connectivity index (χ1v) is 6.33. The summed E-state index contributed by atoms with van der Waals surface area (Å²) >= 11 is 5.96. The molecule has 0 radical (unpaired) electrons. The normalized spacial score (nSPS) is 11.2. The number of rotatable bonds is 5. The molecule has 1 amide bonds. The zero-order valence-corrected chi connectivity index (χ0v) is 12.1. The molecule has 0 bridgehead atoms. The van der Waals surface area contributed by atoms with Gasteiger partial charge in [-0.3, -0.25) is 4.79 Å². The zero-order chi connectivity index (χ0) is 14.3. The molecule has 0 unspecified atom stereocenters. The highest BCUT2D eigenvalue weighted by Crippen LogP contribution is 2.23. The number of nitrogens with zero attached hydrogens (tertiary/aromatic N) is 1. The molecule has 1 aromatic rings. The SMILES string of the molecule is C/C=C/C=C/C(=O)N(C)Cc1cc(Cl)ccc1OC. The largest absolute Gasteiger partial charge is 0.496 e. The molecule has 0 saturated heterocycles. The number of halogens is 1. The number of likely N-dealkylation sites (N-methyl/N-ethyl adjacent to an activating group) is 1. The molecule has 0 saturated carbocycles. The fraction of sp³-hybridized carbons (Fsp3) is 0.267. The topological polar surface area (TPSA) is 29.5 Å². The van der Waals surface area contributed by atoms with E-state index in [0.717, 1.165) is 11.3 Å². The van der Waals surface area contributed by atoms with Gasteiger partial charge in [-0.2, -0.15) is 0 Å². The molecule has 0 N–H and O–H groups in total. The van der Waals surface area contributed by atoms with Crippen LogP contribution in [0.15, 0.2) is 42.5 Å². The van der Waals surface area contributed by atoms with Crippen molar-refractivity contribution in [2.24, 2.45) is 0 Å². The molecule has 0 aliphatic rings. The average Bonchev–Trinajstić information content (AvgIpc) is 2.39. The summed E-state index contributed by atoms with van der Waals surface area (Å²) < 4.78 is 5.25. The average molecular weight is 280 g/mol. The maximum Gasteiger partial charge on any atom is 0.246 e. The van der Waals surface area contributed by atoms with Crippen molar-refractivity contribution in [1.82, 2.24) is 4.90 Å². The van der Waals surface area contributed by atoms with Crippen LogP contribution in [-0.4, -0.2) is 25.0 Å². The van der Waals surface area contributed by atoms with E-state index in [1.54, 1.807) is 43.3 Å². The van der Waals surface area contributed by atoms with Crippen molar-refractivity contribution in [3.63, 3.8) is 0 Å². The van der Waals surface area contributed by atoms with Gasteiger partial charge in [-0.15, -0.1) is 0 Å². The Morgan fingerprint density at radius 2 is 2.16 bits per heavy atom. The molecular formula is C15H18ClNO2. The second-order valence-electron chi connectivity index (χ2n) is 4.04. The van der Waals surface area contributed by atoms with E-state index in [1.165, 1.54) is 6.08 Å². The fourth-order valence-electron chi connectivity index (χ4n) is 1.58. The molecule has 0 spiro atoms. The Morgan fingerprint density at radius 1 is 1.42 bits per heavy atom. The summed E-state index contributed by atoms with van der Waals surface area (Å²) in [6, 6.07) is 5.36. The second kappa shape index (κ2) is 7.64. The Morgan fingerprint density at radius 3 is 2.79 bits per heavy atom. The van der Waals surface area contributed by atoms with E-state index < -0.39 is 0 Å². The van der Waals surface area contributed by atoms with Crippen LogP contribution < -0.4 is 4.74 Å². The van der Waals surface area contributed by atoms with Gasteiger partial charge in [-0.25, -0.2) is 0 Å². The third-order valence-corrected chi connectivity index (χ3v) is 2.80. The summed E-state index contributed by atoms with van der Waals surface area (Å²) in [5, 5.41) is 0.626. The van der Waals surface area contributed by atoms with Crippen LogP contribution in [0.4, 0.5) is 0 Å². The smallest absolute Gasteiger partial charge is 0.246 e. The molecule has 19 heavy (non-hydrogen) atoms. The highest BCUT2D eigenvalue weighted by Gasteiger charge is 2.10. The fourth-order valence-corrected chi connectivity index (χ4v) is 1.78. The van der Waals surface area contributed by atoms with E-state index >= 15 is 0 Å². The second-order valence-corrected chi connectivity index (χ2v) is 4.47. The molecule has 0 atom stereocenters. The lowest BCUT2D eigenvalue weighted by atomic mass is 10.2. The summed E-state index contributed by atoms with van der Waals surface area (Å²) in [7, 11) is 3.34. The number of amides is 1. The molecule has 3 nitrogen and oxygen atoms in total. The molecule has 1 rings (SSSR count). The maximum absolute atomic E-state index is 11.8. The van der Waals surface area contributed by atoms with E-state index in [9.17, 15) is 4.79 Å². The van der Waals surface area contributed by atoms with Gasteiger partial charge in [0.05, 0.1) is 7.11 Å². The zero-order valence-electron chi connectivity index (χ0n) is 11.4. The number of ether oxygens (including phenoxy) is 1. The lowest BCUT2D eigenvalue weighted by molar-refractivity contribution is -0.125. The number of methoxy groups -OCH3 is 1. The van der Waals surface area contributed by atoms with Crippen molar-refractivity contribution in [3.8, 4) is 5.75 Å². The Hall–Kier alpha value is -1.74. The van der Waals surface area contributed by atoms with Crippen molar-refractivity contribution in [3.05, 3.63) is 53.1 Å². The first-order valence-electron chi connectivity index (χ1n) is 5.95. The van der Waals surface area contributed by atoms with Crippen molar-refractivity contribution < 1.29 is 9.53 Å². The van der Waals surface area contributed by atoms with E-state index in [-0.39, 0.29) is 5.91 Å². The predicted octanol–water partition coefficient (Wildman–Crippen LogP) is 3.44. The van der Waals surface area contributed by atoms with Gasteiger partial charge >= 0.3 is 0 Å². The van der Waals surface area contributed by atoms with Crippen LogP contribution in [-0.2, 0) is 11.3 Å². The Kier molecular flexibility index (Phi) is 6.16. The van der Waals surface area contributed by atoms with Crippen molar-refractivity contribution in [2.45, 2.75) is 13.5 Å². The monoisotopic (exact) mass is 279 g/mol. The number of benzene rings is 1. The van der Waals surface area contributed by atoms with Gasteiger partial charge in [0.25, 0.3) is 0 Å². The van der Waals surface area contributed by atoms with Crippen LogP contribution in [0.25, 0.3) is 0 Å². The van der Waals surface area contributed by atoms with Gasteiger partial charge in [0.2, 0.25) is 5.91 Å². The summed E-state index contributed by atoms with van der Waals surface area (Å²) in [5.74, 6) is 0.654. The highest BCUT2D eigenvalue weighted by atomic mass is 35.5. The first-order chi connectivity index (χ1) is 9.08. The number of hydrogen-bond donors (Lipinski definition) is 0. The van der Waals surface area contributed by atoms with E-state index in [2.05, 4.69) is 0 Å². The third-order valence-electron chi connectivity index (χ3n) is 2.57. The minimum absolute atomic E-state index is 0.0693. The van der Waals surface area contributed by atoms with Gasteiger partial charge in [0.15, 0.2) is 0 Å². The van der Waals surface area contributed by atoms with Gasteiger partial charge in [0, 0.05) is 30.3 Å². The highest BCUT2D eigenvalue weighted by molar-refractivity contribution is 6.30. The van der Waals surface area contributed by atoms with Crippen LogP contribution in [0.2, 0.25) is 5.02 Å². The molecule has 102 valence electrons. The van der Waals surface area contributed by atoms with Crippen LogP contribution in [0.1, 0.15) is 12.5 Å². The summed E-state index contributed by atoms with van der Waals surface area (Å²) in [4.78, 5) is 13.4. The van der Waals surface area contributed by atoms with Crippen molar-refractivity contribution in [2.75, 3.05) is 14.2 Å². The van der Waals surface area contributed by atoms with Crippen LogP contribution >= 0.6 is 11.6 Å². The molecule has 4 heteroatoms. The standard InChI is InChI=1S/C15H18ClNO2/c1-4-5-6-7-15(18)17(2)11-12-10-13(16)8-9-14(12)19-3/h4-10H,11H2,1-3H3/b5-4+,7-6+. The number of carbonyl (C=O) groups excluding carboxylic acids is 1. The van der Waals surface area contributed by atoms with Gasteiger partial charge in [-0.1, -0.05) is 29.8 Å². The van der Waals surface area contributed by atoms with Gasteiger partial charge in [-0.05, 0) is 25.1 Å².